The maximum absolute atomic E-state index is 8.87. The average Bonchev–Trinajstić information content (AvgIpc) is 2.61. The van der Waals surface area contributed by atoms with E-state index in [-0.39, 0.29) is 11.5 Å². The highest BCUT2D eigenvalue weighted by Crippen LogP contribution is 2.18. The summed E-state index contributed by atoms with van der Waals surface area (Å²) >= 11 is 0. The van der Waals surface area contributed by atoms with E-state index in [0.29, 0.717) is 6.54 Å². The molecule has 1 aromatic heterocycles. The van der Waals surface area contributed by atoms with Gasteiger partial charge in [-0.2, -0.15) is 5.26 Å². The van der Waals surface area contributed by atoms with E-state index >= 15 is 0 Å². The van der Waals surface area contributed by atoms with Gasteiger partial charge in [0.2, 0.25) is 0 Å². The van der Waals surface area contributed by atoms with Crippen molar-refractivity contribution in [3.8, 4) is 6.07 Å². The van der Waals surface area contributed by atoms with E-state index in [2.05, 4.69) is 11.4 Å². The van der Waals surface area contributed by atoms with Gasteiger partial charge < -0.3 is 9.73 Å². The minimum atomic E-state index is -0.337. The smallest absolute Gasteiger partial charge is 0.120 e. The largest absolute Gasteiger partial charge is 0.465 e. The number of furan rings is 1. The lowest BCUT2D eigenvalue weighted by Gasteiger charge is -2.19. The zero-order chi connectivity index (χ0) is 11.5. The Bertz CT molecular complexity index is 360. The number of nitriles is 1. The molecular formula is C12H18N2O. The third-order valence-electron chi connectivity index (χ3n) is 2.34. The highest BCUT2D eigenvalue weighted by atomic mass is 16.3. The predicted molar refractivity (Wildman–Crippen MR) is 59.3 cm³/mol. The minimum absolute atomic E-state index is 0.145. The molecule has 0 fully saturated rings. The summed E-state index contributed by atoms with van der Waals surface area (Å²) in [7, 11) is 0. The molecule has 0 aliphatic rings. The molecule has 0 aliphatic heterocycles. The molecule has 0 aliphatic carbocycles. The molecule has 0 radical (unpaired) electrons. The summed E-state index contributed by atoms with van der Waals surface area (Å²) in [5, 5.41) is 12.2. The van der Waals surface area contributed by atoms with Gasteiger partial charge in [0.15, 0.2) is 0 Å². The molecule has 1 rings (SSSR count). The van der Waals surface area contributed by atoms with Crippen molar-refractivity contribution in [2.75, 3.05) is 6.54 Å². The SMILES string of the molecule is Cc1ccc(C(C)NCC(C)(C)C#N)o1. The van der Waals surface area contributed by atoms with Gasteiger partial charge in [0.25, 0.3) is 0 Å². The number of hydrogen-bond donors (Lipinski definition) is 1. The Labute approximate surface area is 91.1 Å². The van der Waals surface area contributed by atoms with Crippen LogP contribution in [0.3, 0.4) is 0 Å². The predicted octanol–water partition coefficient (Wildman–Crippen LogP) is 2.79. The molecule has 82 valence electrons. The molecule has 1 unspecified atom stereocenters. The molecule has 1 aromatic rings. The van der Waals surface area contributed by atoms with Crippen LogP contribution >= 0.6 is 0 Å². The summed E-state index contributed by atoms with van der Waals surface area (Å²) in [6, 6.07) is 6.32. The van der Waals surface area contributed by atoms with Crippen molar-refractivity contribution < 1.29 is 4.42 Å². The Balaban J connectivity index is 2.51. The number of nitrogens with one attached hydrogen (secondary N) is 1. The van der Waals surface area contributed by atoms with Crippen LogP contribution in [0.5, 0.6) is 0 Å². The normalized spacial score (nSPS) is 13.5. The Morgan fingerprint density at radius 1 is 1.53 bits per heavy atom. The zero-order valence-electron chi connectivity index (χ0n) is 9.79. The van der Waals surface area contributed by atoms with Crippen LogP contribution in [0.4, 0.5) is 0 Å². The lowest BCUT2D eigenvalue weighted by Crippen LogP contribution is -2.30. The fourth-order valence-corrected chi connectivity index (χ4v) is 1.23. The number of nitrogens with zero attached hydrogens (tertiary/aromatic N) is 1. The van der Waals surface area contributed by atoms with Crippen LogP contribution in [-0.2, 0) is 0 Å². The maximum atomic E-state index is 8.87. The second-order valence-corrected chi connectivity index (χ2v) is 4.55. The van der Waals surface area contributed by atoms with Gasteiger partial charge in [-0.15, -0.1) is 0 Å². The van der Waals surface area contributed by atoms with Crippen LogP contribution in [0, 0.1) is 23.7 Å². The fourth-order valence-electron chi connectivity index (χ4n) is 1.23. The summed E-state index contributed by atoms with van der Waals surface area (Å²) in [4.78, 5) is 0. The van der Waals surface area contributed by atoms with Crippen molar-refractivity contribution in [2.24, 2.45) is 5.41 Å². The fraction of sp³-hybridized carbons (Fsp3) is 0.583. The van der Waals surface area contributed by atoms with E-state index in [1.54, 1.807) is 0 Å². The van der Waals surface area contributed by atoms with Crippen molar-refractivity contribution in [1.82, 2.24) is 5.32 Å². The maximum Gasteiger partial charge on any atom is 0.120 e. The van der Waals surface area contributed by atoms with Crippen LogP contribution in [0.15, 0.2) is 16.5 Å². The topological polar surface area (TPSA) is 49.0 Å². The van der Waals surface area contributed by atoms with E-state index in [9.17, 15) is 0 Å². The first kappa shape index (κ1) is 11.8. The number of hydrogen-bond acceptors (Lipinski definition) is 3. The molecule has 0 bridgehead atoms. The van der Waals surface area contributed by atoms with Crippen LogP contribution in [0.25, 0.3) is 0 Å². The van der Waals surface area contributed by atoms with Crippen LogP contribution in [0.2, 0.25) is 0 Å². The van der Waals surface area contributed by atoms with Crippen molar-refractivity contribution in [3.05, 3.63) is 23.7 Å². The van der Waals surface area contributed by atoms with Crippen LogP contribution in [0.1, 0.15) is 38.3 Å². The second kappa shape index (κ2) is 4.50. The summed E-state index contributed by atoms with van der Waals surface area (Å²) < 4.78 is 5.50. The molecule has 3 nitrogen and oxygen atoms in total. The van der Waals surface area contributed by atoms with Crippen molar-refractivity contribution in [2.45, 2.75) is 33.7 Å². The van der Waals surface area contributed by atoms with Gasteiger partial charge in [-0.25, -0.2) is 0 Å². The molecule has 1 N–H and O–H groups in total. The lowest BCUT2D eigenvalue weighted by molar-refractivity contribution is 0.370. The highest BCUT2D eigenvalue weighted by Gasteiger charge is 2.18. The van der Waals surface area contributed by atoms with Crippen LogP contribution in [-0.4, -0.2) is 6.54 Å². The van der Waals surface area contributed by atoms with Gasteiger partial charge in [-0.1, -0.05) is 0 Å². The molecule has 1 atom stereocenters. The van der Waals surface area contributed by atoms with Gasteiger partial charge in [0.05, 0.1) is 17.5 Å². The average molecular weight is 206 g/mol. The third kappa shape index (κ3) is 3.41. The van der Waals surface area contributed by atoms with Crippen LogP contribution < -0.4 is 5.32 Å². The molecule has 0 saturated carbocycles. The van der Waals surface area contributed by atoms with Gasteiger partial charge in [-0.05, 0) is 39.8 Å². The van der Waals surface area contributed by atoms with Gasteiger partial charge in [0.1, 0.15) is 11.5 Å². The first-order valence-electron chi connectivity index (χ1n) is 5.15. The van der Waals surface area contributed by atoms with E-state index in [1.807, 2.05) is 39.8 Å². The molecule has 0 amide bonds. The van der Waals surface area contributed by atoms with Crippen molar-refractivity contribution in [1.29, 1.82) is 5.26 Å². The van der Waals surface area contributed by atoms with Crippen molar-refractivity contribution in [3.63, 3.8) is 0 Å². The summed E-state index contributed by atoms with van der Waals surface area (Å²) in [6.45, 7) is 8.45. The quantitative estimate of drug-likeness (QED) is 0.824. The lowest BCUT2D eigenvalue weighted by atomic mass is 9.95. The van der Waals surface area contributed by atoms with E-state index in [4.69, 9.17) is 9.68 Å². The summed E-state index contributed by atoms with van der Waals surface area (Å²) in [6.07, 6.45) is 0. The highest BCUT2D eigenvalue weighted by molar-refractivity contribution is 5.09. The second-order valence-electron chi connectivity index (χ2n) is 4.55. The van der Waals surface area contributed by atoms with E-state index < -0.39 is 0 Å². The van der Waals surface area contributed by atoms with Gasteiger partial charge in [0, 0.05) is 6.54 Å². The Kier molecular flexibility index (Phi) is 3.54. The van der Waals surface area contributed by atoms with Gasteiger partial charge in [-0.3, -0.25) is 0 Å². The third-order valence-corrected chi connectivity index (χ3v) is 2.34. The molecular weight excluding hydrogens is 188 g/mol. The summed E-state index contributed by atoms with van der Waals surface area (Å²) in [5.41, 5.74) is -0.337. The monoisotopic (exact) mass is 206 g/mol. The minimum Gasteiger partial charge on any atom is -0.465 e. The number of aryl methyl sites for hydroxylation is 1. The molecule has 15 heavy (non-hydrogen) atoms. The van der Waals surface area contributed by atoms with Crippen molar-refractivity contribution >= 4 is 0 Å². The van der Waals surface area contributed by atoms with Gasteiger partial charge >= 0.3 is 0 Å². The molecule has 3 heteroatoms. The Hall–Kier alpha value is -1.27. The standard InChI is InChI=1S/C12H18N2O/c1-9-5-6-11(15-9)10(2)14-8-12(3,4)7-13/h5-6,10,14H,8H2,1-4H3. The Morgan fingerprint density at radius 3 is 2.67 bits per heavy atom. The molecule has 0 aromatic carbocycles. The summed E-state index contributed by atoms with van der Waals surface area (Å²) in [5.74, 6) is 1.83. The zero-order valence-corrected chi connectivity index (χ0v) is 9.79. The Morgan fingerprint density at radius 2 is 2.20 bits per heavy atom. The molecule has 0 saturated heterocycles. The molecule has 0 spiro atoms. The van der Waals surface area contributed by atoms with E-state index in [1.165, 1.54) is 0 Å². The number of rotatable bonds is 4. The van der Waals surface area contributed by atoms with E-state index in [0.717, 1.165) is 11.5 Å². The first-order valence-corrected chi connectivity index (χ1v) is 5.15. The molecule has 1 heterocycles. The first-order chi connectivity index (χ1) is 6.94.